The number of halogens is 1. The van der Waals surface area contributed by atoms with E-state index in [1.54, 1.807) is 29.9 Å². The molecule has 1 N–H and O–H groups in total. The third-order valence-electron chi connectivity index (χ3n) is 2.16. The minimum absolute atomic E-state index is 0.134. The van der Waals surface area contributed by atoms with Crippen LogP contribution in [0.15, 0.2) is 34.5 Å². The van der Waals surface area contributed by atoms with Gasteiger partial charge in [0.2, 0.25) is 0 Å². The van der Waals surface area contributed by atoms with Crippen LogP contribution in [-0.2, 0) is 0 Å². The van der Waals surface area contributed by atoms with Crippen molar-refractivity contribution >= 4 is 27.3 Å². The number of hydrogen-bond donors (Lipinski definition) is 1. The van der Waals surface area contributed by atoms with Gasteiger partial charge in [0.15, 0.2) is 0 Å². The van der Waals surface area contributed by atoms with Crippen molar-refractivity contribution in [1.82, 2.24) is 15.3 Å². The second kappa shape index (κ2) is 5.52. The molecule has 0 aliphatic rings. The normalized spacial score (nSPS) is 12.6. The van der Waals surface area contributed by atoms with Crippen LogP contribution in [0.5, 0.6) is 0 Å². The molecule has 1 unspecified atom stereocenters. The molecule has 0 spiro atoms. The highest BCUT2D eigenvalue weighted by Crippen LogP contribution is 2.28. The van der Waals surface area contributed by atoms with Gasteiger partial charge in [-0.15, -0.1) is 11.3 Å². The van der Waals surface area contributed by atoms with E-state index in [1.807, 2.05) is 0 Å². The number of rotatable bonds is 4. The summed E-state index contributed by atoms with van der Waals surface area (Å²) in [5.74, 6) is 0. The van der Waals surface area contributed by atoms with E-state index in [0.717, 1.165) is 16.7 Å². The number of nitrogens with one attached hydrogen (secondary N) is 1. The molecular weight excluding hydrogens is 286 g/mol. The van der Waals surface area contributed by atoms with E-state index in [-0.39, 0.29) is 6.04 Å². The Balaban J connectivity index is 2.31. The molecule has 0 saturated heterocycles. The minimum Gasteiger partial charge on any atom is -0.305 e. The van der Waals surface area contributed by atoms with E-state index in [0.29, 0.717) is 0 Å². The Labute approximate surface area is 107 Å². The van der Waals surface area contributed by atoms with Gasteiger partial charge in [0, 0.05) is 27.1 Å². The molecule has 2 heterocycles. The van der Waals surface area contributed by atoms with E-state index in [2.05, 4.69) is 49.6 Å². The molecule has 0 aliphatic carbocycles. The summed E-state index contributed by atoms with van der Waals surface area (Å²) in [5, 5.41) is 5.50. The van der Waals surface area contributed by atoms with Crippen LogP contribution in [0.2, 0.25) is 0 Å². The van der Waals surface area contributed by atoms with Crippen LogP contribution in [-0.4, -0.2) is 16.5 Å². The van der Waals surface area contributed by atoms with Crippen LogP contribution in [0.25, 0.3) is 0 Å². The maximum atomic E-state index is 4.35. The Morgan fingerprint density at radius 3 is 2.94 bits per heavy atom. The zero-order valence-corrected chi connectivity index (χ0v) is 11.3. The average molecular weight is 298 g/mol. The van der Waals surface area contributed by atoms with Crippen molar-refractivity contribution in [3.63, 3.8) is 0 Å². The van der Waals surface area contributed by atoms with Crippen molar-refractivity contribution < 1.29 is 0 Å². The van der Waals surface area contributed by atoms with Crippen molar-refractivity contribution in [3.8, 4) is 0 Å². The van der Waals surface area contributed by atoms with E-state index in [9.17, 15) is 0 Å². The van der Waals surface area contributed by atoms with Gasteiger partial charge in [0.1, 0.15) is 0 Å². The Kier molecular flexibility index (Phi) is 4.04. The van der Waals surface area contributed by atoms with Gasteiger partial charge in [0.25, 0.3) is 0 Å². The SMILES string of the molecule is CCNC(c1cnccn1)c1cc(Br)cs1. The lowest BCUT2D eigenvalue weighted by molar-refractivity contribution is 0.621. The van der Waals surface area contributed by atoms with Gasteiger partial charge >= 0.3 is 0 Å². The van der Waals surface area contributed by atoms with Gasteiger partial charge < -0.3 is 5.32 Å². The first-order chi connectivity index (χ1) is 7.81. The summed E-state index contributed by atoms with van der Waals surface area (Å²) in [5.41, 5.74) is 0.957. The van der Waals surface area contributed by atoms with E-state index in [1.165, 1.54) is 4.88 Å². The molecule has 2 aromatic rings. The molecule has 0 aromatic carbocycles. The third-order valence-corrected chi connectivity index (χ3v) is 3.92. The standard InChI is InChI=1S/C11H12BrN3S/c1-2-14-11(9-6-13-3-4-15-9)10-5-8(12)7-16-10/h3-7,11,14H,2H2,1H3. The van der Waals surface area contributed by atoms with Gasteiger partial charge in [-0.3, -0.25) is 9.97 Å². The van der Waals surface area contributed by atoms with Crippen LogP contribution in [0.4, 0.5) is 0 Å². The Bertz CT molecular complexity index is 444. The molecule has 2 rings (SSSR count). The maximum absolute atomic E-state index is 4.35. The monoisotopic (exact) mass is 297 g/mol. The first-order valence-electron chi connectivity index (χ1n) is 5.04. The highest BCUT2D eigenvalue weighted by atomic mass is 79.9. The van der Waals surface area contributed by atoms with Crippen LogP contribution in [0.1, 0.15) is 23.5 Å². The summed E-state index contributed by atoms with van der Waals surface area (Å²) >= 11 is 5.19. The predicted octanol–water partition coefficient (Wildman–Crippen LogP) is 3.00. The summed E-state index contributed by atoms with van der Waals surface area (Å²) in [6.07, 6.45) is 5.22. The largest absolute Gasteiger partial charge is 0.305 e. The minimum atomic E-state index is 0.134. The first-order valence-corrected chi connectivity index (χ1v) is 6.71. The second-order valence-corrected chi connectivity index (χ2v) is 5.15. The summed E-state index contributed by atoms with van der Waals surface area (Å²) in [6, 6.07) is 2.25. The lowest BCUT2D eigenvalue weighted by Crippen LogP contribution is -2.22. The molecule has 0 radical (unpaired) electrons. The molecule has 0 bridgehead atoms. The number of aromatic nitrogens is 2. The summed E-state index contributed by atoms with van der Waals surface area (Å²) < 4.78 is 1.11. The molecule has 84 valence electrons. The molecule has 0 amide bonds. The van der Waals surface area contributed by atoms with Crippen molar-refractivity contribution in [2.24, 2.45) is 0 Å². The number of nitrogens with zero attached hydrogens (tertiary/aromatic N) is 2. The van der Waals surface area contributed by atoms with Gasteiger partial charge in [-0.1, -0.05) is 6.92 Å². The van der Waals surface area contributed by atoms with Crippen LogP contribution < -0.4 is 5.32 Å². The fraction of sp³-hybridized carbons (Fsp3) is 0.273. The topological polar surface area (TPSA) is 37.8 Å². The zero-order valence-electron chi connectivity index (χ0n) is 8.85. The quantitative estimate of drug-likeness (QED) is 0.943. The number of thiophene rings is 1. The van der Waals surface area contributed by atoms with Crippen LogP contribution >= 0.6 is 27.3 Å². The molecule has 0 aliphatic heterocycles. The summed E-state index contributed by atoms with van der Waals surface area (Å²) in [7, 11) is 0. The smallest absolute Gasteiger partial charge is 0.0861 e. The van der Waals surface area contributed by atoms with Crippen molar-refractivity contribution in [2.45, 2.75) is 13.0 Å². The molecule has 0 saturated carbocycles. The van der Waals surface area contributed by atoms with Crippen molar-refractivity contribution in [3.05, 3.63) is 45.1 Å². The average Bonchev–Trinajstić information content (AvgIpc) is 2.74. The number of hydrogen-bond acceptors (Lipinski definition) is 4. The predicted molar refractivity (Wildman–Crippen MR) is 69.6 cm³/mol. The Morgan fingerprint density at radius 2 is 2.38 bits per heavy atom. The molecule has 0 fully saturated rings. The Hall–Kier alpha value is -0.780. The van der Waals surface area contributed by atoms with E-state index < -0.39 is 0 Å². The fourth-order valence-electron chi connectivity index (χ4n) is 1.49. The summed E-state index contributed by atoms with van der Waals surface area (Å²) in [4.78, 5) is 9.70. The summed E-state index contributed by atoms with van der Waals surface area (Å²) in [6.45, 7) is 2.99. The van der Waals surface area contributed by atoms with Crippen LogP contribution in [0, 0.1) is 0 Å². The van der Waals surface area contributed by atoms with Gasteiger partial charge in [-0.05, 0) is 28.5 Å². The lowest BCUT2D eigenvalue weighted by atomic mass is 10.2. The van der Waals surface area contributed by atoms with Crippen molar-refractivity contribution in [2.75, 3.05) is 6.54 Å². The fourth-order valence-corrected chi connectivity index (χ4v) is 3.02. The zero-order chi connectivity index (χ0) is 11.4. The van der Waals surface area contributed by atoms with Crippen LogP contribution in [0.3, 0.4) is 0 Å². The molecule has 2 aromatic heterocycles. The molecule has 16 heavy (non-hydrogen) atoms. The highest BCUT2D eigenvalue weighted by molar-refractivity contribution is 9.10. The molecule has 5 heteroatoms. The van der Waals surface area contributed by atoms with E-state index in [4.69, 9.17) is 0 Å². The lowest BCUT2D eigenvalue weighted by Gasteiger charge is -2.14. The first kappa shape index (κ1) is 11.7. The highest BCUT2D eigenvalue weighted by Gasteiger charge is 2.16. The second-order valence-electron chi connectivity index (χ2n) is 3.29. The molecule has 3 nitrogen and oxygen atoms in total. The van der Waals surface area contributed by atoms with Gasteiger partial charge in [-0.25, -0.2) is 0 Å². The Morgan fingerprint density at radius 1 is 1.50 bits per heavy atom. The maximum Gasteiger partial charge on any atom is 0.0861 e. The van der Waals surface area contributed by atoms with Crippen molar-refractivity contribution in [1.29, 1.82) is 0 Å². The third kappa shape index (κ3) is 2.66. The molecular formula is C11H12BrN3S. The molecule has 1 atom stereocenters. The van der Waals surface area contributed by atoms with E-state index >= 15 is 0 Å². The van der Waals surface area contributed by atoms with Gasteiger partial charge in [0.05, 0.1) is 17.9 Å². The van der Waals surface area contributed by atoms with Gasteiger partial charge in [-0.2, -0.15) is 0 Å².